The van der Waals surface area contributed by atoms with E-state index in [1.54, 1.807) is 72.7 Å². The highest BCUT2D eigenvalue weighted by Gasteiger charge is 2.18. The van der Waals surface area contributed by atoms with E-state index in [2.05, 4.69) is 36.8 Å². The molecule has 2 rings (SSSR count). The highest BCUT2D eigenvalue weighted by Crippen LogP contribution is 2.26. The number of anilines is 1. The number of ether oxygens (including phenoxy) is 1. The molecule has 37 heavy (non-hydrogen) atoms. The second-order valence-corrected chi connectivity index (χ2v) is 7.28. The Morgan fingerprint density at radius 2 is 2.14 bits per heavy atom. The molecule has 0 fully saturated rings. The van der Waals surface area contributed by atoms with Crippen LogP contribution in [0.5, 0.6) is 0 Å². The number of nitrogens with zero attached hydrogens (tertiary/aromatic N) is 8. The highest BCUT2D eigenvalue weighted by molar-refractivity contribution is 6.38. The minimum Gasteiger partial charge on any atom is -0.512 e. The van der Waals surface area contributed by atoms with Crippen LogP contribution in [-0.2, 0) is 11.8 Å². The average Bonchev–Trinajstić information content (AvgIpc) is 3.36. The van der Waals surface area contributed by atoms with Crippen molar-refractivity contribution < 1.29 is 14.2 Å². The van der Waals surface area contributed by atoms with Gasteiger partial charge < -0.3 is 14.7 Å². The van der Waals surface area contributed by atoms with Gasteiger partial charge in [0.2, 0.25) is 0 Å². The number of allylic oxidation sites excluding steroid dienone is 4. The maximum absolute atomic E-state index is 14.8. The van der Waals surface area contributed by atoms with E-state index in [0.717, 1.165) is 5.56 Å². The summed E-state index contributed by atoms with van der Waals surface area (Å²) < 4.78 is 21.8. The van der Waals surface area contributed by atoms with Crippen LogP contribution in [0.15, 0.2) is 98.7 Å². The van der Waals surface area contributed by atoms with E-state index in [4.69, 9.17) is 4.74 Å². The molecule has 0 unspecified atom stereocenters. The van der Waals surface area contributed by atoms with Crippen LogP contribution in [0.4, 0.5) is 15.9 Å². The second kappa shape index (κ2) is 15.4. The molecule has 0 aliphatic rings. The van der Waals surface area contributed by atoms with Crippen molar-refractivity contribution in [3.8, 4) is 0 Å². The molecule has 2 aromatic heterocycles. The van der Waals surface area contributed by atoms with E-state index in [1.807, 2.05) is 13.2 Å². The smallest absolute Gasteiger partial charge is 0.181 e. The number of pyridine rings is 1. The first-order valence-electron chi connectivity index (χ1n) is 11.2. The fraction of sp³-hybridized carbons (Fsp3) is 0.231. The lowest BCUT2D eigenvalue weighted by atomic mass is 10.2. The summed E-state index contributed by atoms with van der Waals surface area (Å²) >= 11 is 0. The van der Waals surface area contributed by atoms with Gasteiger partial charge in [-0.1, -0.05) is 0 Å². The fourth-order valence-electron chi connectivity index (χ4n) is 3.05. The Kier molecular flexibility index (Phi) is 11.9. The second-order valence-electron chi connectivity index (χ2n) is 7.28. The van der Waals surface area contributed by atoms with E-state index in [0.29, 0.717) is 35.8 Å². The van der Waals surface area contributed by atoms with Gasteiger partial charge in [0.1, 0.15) is 17.8 Å². The lowest BCUT2D eigenvalue weighted by Gasteiger charge is -2.25. The molecule has 0 amide bonds. The summed E-state index contributed by atoms with van der Waals surface area (Å²) in [4.78, 5) is 22.6. The largest absolute Gasteiger partial charge is 0.512 e. The zero-order valence-electron chi connectivity index (χ0n) is 21.4. The molecule has 0 atom stereocenters. The molecular formula is C26H31FN8O2. The summed E-state index contributed by atoms with van der Waals surface area (Å²) in [5, 5.41) is 13.6. The number of aliphatic imine (C=N–C) groups is 4. The Morgan fingerprint density at radius 1 is 1.32 bits per heavy atom. The summed E-state index contributed by atoms with van der Waals surface area (Å²) in [7, 11) is 4.98. The van der Waals surface area contributed by atoms with Gasteiger partial charge in [0.05, 0.1) is 49.4 Å². The molecule has 0 saturated heterocycles. The van der Waals surface area contributed by atoms with Gasteiger partial charge in [-0.2, -0.15) is 5.10 Å². The van der Waals surface area contributed by atoms with Gasteiger partial charge in [0.15, 0.2) is 5.83 Å². The average molecular weight is 507 g/mol. The van der Waals surface area contributed by atoms with E-state index >= 15 is 0 Å². The Hall–Kier alpha value is -4.67. The SMILES string of the molecule is C=N/C=C\C=NCCN(C(=C/C(=C\C)OC)/C(F)=C/O)c1ccc(N=CC(=NC)c2cnn(C)c2)cn1. The molecular weight excluding hydrogens is 475 g/mol. The third-order valence-electron chi connectivity index (χ3n) is 4.87. The minimum atomic E-state index is -0.861. The molecule has 0 aliphatic heterocycles. The van der Waals surface area contributed by atoms with Gasteiger partial charge in [-0.25, -0.2) is 9.37 Å². The fourth-order valence-corrected chi connectivity index (χ4v) is 3.05. The van der Waals surface area contributed by atoms with Gasteiger partial charge in [-0.05, 0) is 37.9 Å². The maximum Gasteiger partial charge on any atom is 0.181 e. The highest BCUT2D eigenvalue weighted by atomic mass is 19.1. The van der Waals surface area contributed by atoms with Gasteiger partial charge in [0.25, 0.3) is 0 Å². The molecule has 10 nitrogen and oxygen atoms in total. The summed E-state index contributed by atoms with van der Waals surface area (Å²) in [5.74, 6) is -0.0345. The molecule has 0 aliphatic carbocycles. The van der Waals surface area contributed by atoms with Gasteiger partial charge in [-0.15, -0.1) is 0 Å². The standard InChI is InChI=1S/C26H31FN8O2/c1-6-22(37-5)14-25(23(27)19-36)35(13-12-30-11-7-10-28-2)26-9-8-21(16-32-26)31-17-24(29-3)20-15-33-34(4)18-20/h6-11,14-19,36H,2,12-13H2,1,3-5H3/b10-7-,22-6+,23-19-,25-14+,29-24?,30-11?,31-17?. The predicted molar refractivity (Wildman–Crippen MR) is 148 cm³/mol. The molecule has 0 saturated carbocycles. The molecule has 2 heterocycles. The number of methoxy groups -OCH3 is 1. The zero-order chi connectivity index (χ0) is 27.0. The maximum atomic E-state index is 14.8. The minimum absolute atomic E-state index is 0.0525. The van der Waals surface area contributed by atoms with E-state index < -0.39 is 5.83 Å². The first-order valence-corrected chi connectivity index (χ1v) is 11.2. The van der Waals surface area contributed by atoms with Crippen LogP contribution >= 0.6 is 0 Å². The van der Waals surface area contributed by atoms with Crippen LogP contribution in [0.25, 0.3) is 0 Å². The number of halogens is 1. The molecule has 11 heteroatoms. The van der Waals surface area contributed by atoms with Crippen molar-refractivity contribution in [1.82, 2.24) is 14.8 Å². The third kappa shape index (κ3) is 8.80. The van der Waals surface area contributed by atoms with Crippen molar-refractivity contribution in [2.45, 2.75) is 6.92 Å². The van der Waals surface area contributed by atoms with Crippen molar-refractivity contribution in [2.75, 3.05) is 32.1 Å². The number of aliphatic hydroxyl groups excluding tert-OH is 1. The van der Waals surface area contributed by atoms with Crippen LogP contribution in [0.2, 0.25) is 0 Å². The Bertz CT molecular complexity index is 1240. The number of hydrogen-bond donors (Lipinski definition) is 1. The molecule has 0 radical (unpaired) electrons. The van der Waals surface area contributed by atoms with E-state index in [-0.39, 0.29) is 12.2 Å². The molecule has 0 spiro atoms. The van der Waals surface area contributed by atoms with Crippen LogP contribution < -0.4 is 4.90 Å². The van der Waals surface area contributed by atoms with Crippen molar-refractivity contribution in [3.05, 3.63) is 84.3 Å². The van der Waals surface area contributed by atoms with Crippen molar-refractivity contribution in [1.29, 1.82) is 0 Å². The third-order valence-corrected chi connectivity index (χ3v) is 4.87. The van der Waals surface area contributed by atoms with Crippen LogP contribution in [0.1, 0.15) is 12.5 Å². The number of aliphatic hydroxyl groups is 1. The number of aryl methyl sites for hydroxylation is 1. The number of aromatic nitrogens is 3. The summed E-state index contributed by atoms with van der Waals surface area (Å²) in [6, 6.07) is 3.45. The van der Waals surface area contributed by atoms with Crippen molar-refractivity contribution in [3.63, 3.8) is 0 Å². The van der Waals surface area contributed by atoms with Crippen molar-refractivity contribution >= 4 is 36.4 Å². The Balaban J connectivity index is 2.38. The molecule has 0 bridgehead atoms. The van der Waals surface area contributed by atoms with E-state index in [9.17, 15) is 9.50 Å². The first-order chi connectivity index (χ1) is 18.0. The monoisotopic (exact) mass is 506 g/mol. The molecule has 0 aromatic carbocycles. The topological polar surface area (TPSA) is 113 Å². The van der Waals surface area contributed by atoms with Crippen molar-refractivity contribution in [2.24, 2.45) is 27.0 Å². The zero-order valence-corrected chi connectivity index (χ0v) is 21.4. The molecule has 2 aromatic rings. The first kappa shape index (κ1) is 28.6. The van der Waals surface area contributed by atoms with E-state index in [1.165, 1.54) is 19.4 Å². The van der Waals surface area contributed by atoms with Gasteiger partial charge in [-0.3, -0.25) is 24.7 Å². The molecule has 1 N–H and O–H groups in total. The summed E-state index contributed by atoms with van der Waals surface area (Å²) in [6.07, 6.45) is 15.0. The van der Waals surface area contributed by atoms with Crippen LogP contribution in [0, 0.1) is 0 Å². The van der Waals surface area contributed by atoms with Crippen LogP contribution in [-0.4, -0.2) is 72.0 Å². The van der Waals surface area contributed by atoms with Gasteiger partial charge >= 0.3 is 0 Å². The lowest BCUT2D eigenvalue weighted by Crippen LogP contribution is -2.27. The lowest BCUT2D eigenvalue weighted by molar-refractivity contribution is 0.305. The Labute approximate surface area is 216 Å². The predicted octanol–water partition coefficient (Wildman–Crippen LogP) is 4.53. The van der Waals surface area contributed by atoms with Crippen LogP contribution in [0.3, 0.4) is 0 Å². The summed E-state index contributed by atoms with van der Waals surface area (Å²) in [6.45, 7) is 5.68. The normalized spacial score (nSPS) is 13.8. The van der Waals surface area contributed by atoms with Gasteiger partial charge in [0, 0.05) is 50.9 Å². The summed E-state index contributed by atoms with van der Waals surface area (Å²) in [5.41, 5.74) is 2.12. The number of rotatable bonds is 13. The quantitative estimate of drug-likeness (QED) is 0.244. The number of hydrogen-bond acceptors (Lipinski definition) is 9. The Morgan fingerprint density at radius 3 is 2.70 bits per heavy atom. The molecule has 194 valence electrons.